The minimum atomic E-state index is 0.0723. The molecule has 1 aromatic carbocycles. The fourth-order valence-corrected chi connectivity index (χ4v) is 4.15. The summed E-state index contributed by atoms with van der Waals surface area (Å²) in [6, 6.07) is 10.6. The Morgan fingerprint density at radius 1 is 1.38 bits per heavy atom. The Bertz CT molecular complexity index is 647. The number of fused-ring (bicyclic) bond motifs is 1. The summed E-state index contributed by atoms with van der Waals surface area (Å²) in [4.78, 5) is 4.63. The first-order valence-electron chi connectivity index (χ1n) is 7.05. The maximum absolute atomic E-state index is 5.91. The van der Waals surface area contributed by atoms with Gasteiger partial charge in [-0.05, 0) is 77.2 Å². The highest BCUT2D eigenvalue weighted by atomic mass is 127. The van der Waals surface area contributed by atoms with E-state index in [4.69, 9.17) is 5.84 Å². The van der Waals surface area contributed by atoms with E-state index in [1.807, 2.05) is 12.3 Å². The van der Waals surface area contributed by atoms with Gasteiger partial charge in [0, 0.05) is 25.9 Å². The highest BCUT2D eigenvalue weighted by Gasteiger charge is 2.30. The Balaban J connectivity index is 2.03. The van der Waals surface area contributed by atoms with Crippen LogP contribution in [-0.2, 0) is 6.42 Å². The first kappa shape index (κ1) is 15.4. The van der Waals surface area contributed by atoms with E-state index in [1.54, 1.807) is 0 Å². The van der Waals surface area contributed by atoms with Crippen LogP contribution in [0.25, 0.3) is 0 Å². The monoisotopic (exact) mass is 457 g/mol. The van der Waals surface area contributed by atoms with Gasteiger partial charge in [-0.25, -0.2) is 0 Å². The summed E-state index contributed by atoms with van der Waals surface area (Å²) in [7, 11) is 0. The zero-order valence-electron chi connectivity index (χ0n) is 11.5. The number of nitrogens with zero attached hydrogens (tertiary/aromatic N) is 1. The molecule has 0 fully saturated rings. The molecule has 1 aliphatic carbocycles. The minimum Gasteiger partial charge on any atom is -0.271 e. The Kier molecular flexibility index (Phi) is 4.93. The van der Waals surface area contributed by atoms with E-state index in [2.05, 4.69) is 73.2 Å². The zero-order valence-corrected chi connectivity index (χ0v) is 15.3. The van der Waals surface area contributed by atoms with Crippen LogP contribution in [0.15, 0.2) is 41.0 Å². The van der Waals surface area contributed by atoms with E-state index in [-0.39, 0.29) is 6.04 Å². The molecule has 0 saturated carbocycles. The number of benzene rings is 1. The van der Waals surface area contributed by atoms with Crippen LogP contribution in [0.5, 0.6) is 0 Å². The van der Waals surface area contributed by atoms with E-state index in [1.165, 1.54) is 26.8 Å². The fourth-order valence-electron chi connectivity index (χ4n) is 3.15. The third-order valence-electron chi connectivity index (χ3n) is 4.11. The molecular weight excluding hydrogens is 441 g/mol. The van der Waals surface area contributed by atoms with Gasteiger partial charge in [0.05, 0.1) is 6.04 Å². The number of halogens is 2. The van der Waals surface area contributed by atoms with Crippen molar-refractivity contribution < 1.29 is 0 Å². The predicted molar refractivity (Wildman–Crippen MR) is 96.8 cm³/mol. The molecule has 3 rings (SSSR count). The molecule has 5 heteroatoms. The molecular formula is C16H17BrIN3. The lowest BCUT2D eigenvalue weighted by atomic mass is 9.80. The van der Waals surface area contributed by atoms with Gasteiger partial charge in [-0.15, -0.1) is 0 Å². The summed E-state index contributed by atoms with van der Waals surface area (Å²) in [5, 5.41) is 0. The van der Waals surface area contributed by atoms with Crippen molar-refractivity contribution in [1.29, 1.82) is 0 Å². The van der Waals surface area contributed by atoms with Gasteiger partial charge in [-0.2, -0.15) is 0 Å². The van der Waals surface area contributed by atoms with Gasteiger partial charge in [-0.1, -0.05) is 22.0 Å². The van der Waals surface area contributed by atoms with Crippen molar-refractivity contribution in [3.05, 3.63) is 61.4 Å². The molecule has 3 nitrogen and oxygen atoms in total. The van der Waals surface area contributed by atoms with E-state index >= 15 is 0 Å². The summed E-state index contributed by atoms with van der Waals surface area (Å²) >= 11 is 6.00. The molecule has 1 heterocycles. The maximum atomic E-state index is 5.91. The van der Waals surface area contributed by atoms with Crippen LogP contribution in [0.4, 0.5) is 0 Å². The first-order valence-corrected chi connectivity index (χ1v) is 8.92. The van der Waals surface area contributed by atoms with Crippen LogP contribution in [0.2, 0.25) is 0 Å². The van der Waals surface area contributed by atoms with Gasteiger partial charge >= 0.3 is 0 Å². The van der Waals surface area contributed by atoms with E-state index < -0.39 is 0 Å². The van der Waals surface area contributed by atoms with Gasteiger partial charge < -0.3 is 0 Å². The lowest BCUT2D eigenvalue weighted by Crippen LogP contribution is -2.34. The van der Waals surface area contributed by atoms with Crippen molar-refractivity contribution in [2.75, 3.05) is 0 Å². The second-order valence-electron chi connectivity index (χ2n) is 5.36. The lowest BCUT2D eigenvalue weighted by molar-refractivity contribution is 0.399. The number of pyridine rings is 1. The Morgan fingerprint density at radius 3 is 3.05 bits per heavy atom. The van der Waals surface area contributed by atoms with Gasteiger partial charge in [0.25, 0.3) is 0 Å². The quantitative estimate of drug-likeness (QED) is 0.415. The molecule has 21 heavy (non-hydrogen) atoms. The predicted octanol–water partition coefficient (Wildman–Crippen LogP) is 4.07. The molecule has 110 valence electrons. The minimum absolute atomic E-state index is 0.0723. The van der Waals surface area contributed by atoms with Crippen LogP contribution >= 0.6 is 38.5 Å². The Hall–Kier alpha value is -0.500. The van der Waals surface area contributed by atoms with Crippen molar-refractivity contribution >= 4 is 38.5 Å². The van der Waals surface area contributed by atoms with Crippen molar-refractivity contribution in [3.63, 3.8) is 0 Å². The Labute approximate surface area is 147 Å². The summed E-state index contributed by atoms with van der Waals surface area (Å²) < 4.78 is 2.30. The third-order valence-corrected chi connectivity index (χ3v) is 5.51. The van der Waals surface area contributed by atoms with Crippen molar-refractivity contribution in [2.45, 2.75) is 31.2 Å². The Morgan fingerprint density at radius 2 is 2.24 bits per heavy atom. The molecule has 1 aromatic heterocycles. The summed E-state index contributed by atoms with van der Waals surface area (Å²) in [5.41, 5.74) is 6.77. The summed E-state index contributed by atoms with van der Waals surface area (Å²) in [6.45, 7) is 0. The van der Waals surface area contributed by atoms with Gasteiger partial charge in [0.1, 0.15) is 0 Å². The normalized spacial score (nSPS) is 19.1. The maximum Gasteiger partial charge on any atom is 0.0555 e. The van der Waals surface area contributed by atoms with Crippen LogP contribution in [-0.4, -0.2) is 4.98 Å². The second-order valence-corrected chi connectivity index (χ2v) is 7.46. The number of hydrogen-bond donors (Lipinski definition) is 2. The van der Waals surface area contributed by atoms with E-state index in [0.29, 0.717) is 5.92 Å². The molecule has 0 aliphatic heterocycles. The summed E-state index contributed by atoms with van der Waals surface area (Å²) in [6.07, 6.45) is 5.29. The van der Waals surface area contributed by atoms with E-state index in [9.17, 15) is 0 Å². The molecule has 0 spiro atoms. The van der Waals surface area contributed by atoms with Crippen LogP contribution in [0, 0.1) is 3.57 Å². The molecule has 2 aromatic rings. The standard InChI is InChI=1S/C16H17BrIN3/c17-14-7-6-11(18)9-13(14)16(21-19)12-5-1-3-10-4-2-8-20-15(10)12/h2,4,6-9,12,16,21H,1,3,5,19H2. The van der Waals surface area contributed by atoms with Crippen LogP contribution in [0.1, 0.15) is 41.6 Å². The number of nitrogens with two attached hydrogens (primary N) is 1. The van der Waals surface area contributed by atoms with Crippen molar-refractivity contribution in [3.8, 4) is 0 Å². The topological polar surface area (TPSA) is 50.9 Å². The summed E-state index contributed by atoms with van der Waals surface area (Å²) in [5.74, 6) is 6.22. The smallest absolute Gasteiger partial charge is 0.0555 e. The third kappa shape index (κ3) is 3.16. The van der Waals surface area contributed by atoms with Gasteiger partial charge in [-0.3, -0.25) is 16.3 Å². The van der Waals surface area contributed by atoms with Crippen molar-refractivity contribution in [2.24, 2.45) is 5.84 Å². The average molecular weight is 458 g/mol. The van der Waals surface area contributed by atoms with Crippen LogP contribution in [0.3, 0.4) is 0 Å². The number of hydrogen-bond acceptors (Lipinski definition) is 3. The number of hydrazine groups is 1. The largest absolute Gasteiger partial charge is 0.271 e. The van der Waals surface area contributed by atoms with Crippen molar-refractivity contribution in [1.82, 2.24) is 10.4 Å². The molecule has 0 radical (unpaired) electrons. The van der Waals surface area contributed by atoms with Gasteiger partial charge in [0.2, 0.25) is 0 Å². The highest BCUT2D eigenvalue weighted by molar-refractivity contribution is 14.1. The second kappa shape index (κ2) is 6.73. The number of aryl methyl sites for hydroxylation is 1. The molecule has 1 aliphatic rings. The fraction of sp³-hybridized carbons (Fsp3) is 0.312. The molecule has 2 atom stereocenters. The molecule has 3 N–H and O–H groups in total. The zero-order chi connectivity index (χ0) is 14.8. The molecule has 0 saturated heterocycles. The van der Waals surface area contributed by atoms with E-state index in [0.717, 1.165) is 17.3 Å². The molecule has 2 unspecified atom stereocenters. The van der Waals surface area contributed by atoms with Gasteiger partial charge in [0.15, 0.2) is 0 Å². The van der Waals surface area contributed by atoms with Crippen LogP contribution < -0.4 is 11.3 Å². The number of nitrogens with one attached hydrogen (secondary N) is 1. The number of aromatic nitrogens is 1. The molecule has 0 bridgehead atoms. The highest BCUT2D eigenvalue weighted by Crippen LogP contribution is 2.41. The SMILES string of the molecule is NNC(c1cc(I)ccc1Br)C1CCCc2cccnc21. The average Bonchev–Trinajstić information content (AvgIpc) is 2.51. The number of rotatable bonds is 3. The lowest BCUT2D eigenvalue weighted by Gasteiger charge is -2.32. The first-order chi connectivity index (χ1) is 10.2. The molecule has 0 amide bonds.